The summed E-state index contributed by atoms with van der Waals surface area (Å²) in [6.07, 6.45) is 0. The van der Waals surface area contributed by atoms with Crippen molar-refractivity contribution in [3.05, 3.63) is 26.2 Å². The Balaban J connectivity index is 2.63. The highest BCUT2D eigenvalue weighted by atomic mass is 127. The highest BCUT2D eigenvalue weighted by Crippen LogP contribution is 2.22. The first-order valence-electron chi connectivity index (χ1n) is 3.77. The maximum Gasteiger partial charge on any atom is 0.343 e. The molecule has 0 bridgehead atoms. The monoisotopic (exact) mass is 370 g/mol. The molecular weight excluding hydrogens is 363 g/mol. The van der Waals surface area contributed by atoms with Crippen molar-refractivity contribution in [3.63, 3.8) is 0 Å². The summed E-state index contributed by atoms with van der Waals surface area (Å²) in [5.41, 5.74) is 0. The van der Waals surface area contributed by atoms with Crippen LogP contribution in [-0.2, 0) is 9.53 Å². The Morgan fingerprint density at radius 3 is 2.79 bits per heavy atom. The molecule has 14 heavy (non-hydrogen) atoms. The van der Waals surface area contributed by atoms with Crippen molar-refractivity contribution < 1.29 is 14.3 Å². The lowest BCUT2D eigenvalue weighted by molar-refractivity contribution is -0.142. The summed E-state index contributed by atoms with van der Waals surface area (Å²) in [6, 6.07) is 5.59. The number of ether oxygens (including phenoxy) is 2. The van der Waals surface area contributed by atoms with Crippen LogP contribution in [0.4, 0.5) is 0 Å². The van der Waals surface area contributed by atoms with Crippen LogP contribution in [0.15, 0.2) is 22.7 Å². The number of rotatable bonds is 3. The van der Waals surface area contributed by atoms with Gasteiger partial charge in [-0.1, -0.05) is 15.9 Å². The Morgan fingerprint density at radius 1 is 1.50 bits per heavy atom. The highest BCUT2D eigenvalue weighted by molar-refractivity contribution is 14.1. The molecule has 0 saturated carbocycles. The molecule has 0 aliphatic heterocycles. The largest absolute Gasteiger partial charge is 0.482 e. The van der Waals surface area contributed by atoms with Crippen molar-refractivity contribution in [2.24, 2.45) is 0 Å². The normalized spacial score (nSPS) is 9.64. The first-order chi connectivity index (χ1) is 6.61. The van der Waals surface area contributed by atoms with Crippen molar-refractivity contribution >= 4 is 44.5 Å². The molecule has 0 amide bonds. The summed E-state index contributed by atoms with van der Waals surface area (Å²) in [5.74, 6) is 0.258. The second-order valence-corrected chi connectivity index (χ2v) is 4.63. The standard InChI is InChI=1S/C9H8BrIO3/c1-13-9(12)5-14-8-3-6(10)2-7(11)4-8/h2-4H,5H2,1H3. The minimum atomic E-state index is -0.389. The molecule has 76 valence electrons. The SMILES string of the molecule is COC(=O)COc1cc(Br)cc(I)c1. The van der Waals surface area contributed by atoms with Crippen molar-refractivity contribution in [3.8, 4) is 5.75 Å². The number of esters is 1. The van der Waals surface area contributed by atoms with E-state index in [1.165, 1.54) is 7.11 Å². The Bertz CT molecular complexity index is 321. The van der Waals surface area contributed by atoms with Gasteiger partial charge in [0.2, 0.25) is 0 Å². The lowest BCUT2D eigenvalue weighted by Gasteiger charge is -2.05. The fourth-order valence-electron chi connectivity index (χ4n) is 0.813. The molecule has 0 saturated heterocycles. The Morgan fingerprint density at radius 2 is 2.21 bits per heavy atom. The lowest BCUT2D eigenvalue weighted by atomic mass is 10.3. The number of halogens is 2. The van der Waals surface area contributed by atoms with Crippen LogP contribution in [0.25, 0.3) is 0 Å². The third-order valence-electron chi connectivity index (χ3n) is 1.42. The van der Waals surface area contributed by atoms with Crippen LogP contribution in [-0.4, -0.2) is 19.7 Å². The van der Waals surface area contributed by atoms with Gasteiger partial charge in [0.1, 0.15) is 5.75 Å². The minimum Gasteiger partial charge on any atom is -0.482 e. The third-order valence-corrected chi connectivity index (χ3v) is 2.50. The van der Waals surface area contributed by atoms with Crippen LogP contribution < -0.4 is 4.74 Å². The summed E-state index contributed by atoms with van der Waals surface area (Å²) >= 11 is 5.51. The Kier molecular flexibility index (Phi) is 4.67. The number of benzene rings is 1. The van der Waals surface area contributed by atoms with Crippen LogP contribution in [0.2, 0.25) is 0 Å². The number of hydrogen-bond donors (Lipinski definition) is 0. The lowest BCUT2D eigenvalue weighted by Crippen LogP contribution is -2.12. The summed E-state index contributed by atoms with van der Waals surface area (Å²) < 4.78 is 11.6. The maximum absolute atomic E-state index is 10.8. The van der Waals surface area contributed by atoms with E-state index in [1.807, 2.05) is 12.1 Å². The molecule has 0 fully saturated rings. The van der Waals surface area contributed by atoms with Gasteiger partial charge in [0.05, 0.1) is 7.11 Å². The average Bonchev–Trinajstić information content (AvgIpc) is 2.12. The number of hydrogen-bond acceptors (Lipinski definition) is 3. The molecule has 0 aliphatic carbocycles. The van der Waals surface area contributed by atoms with Gasteiger partial charge in [0.25, 0.3) is 0 Å². The second kappa shape index (κ2) is 5.55. The van der Waals surface area contributed by atoms with E-state index in [-0.39, 0.29) is 12.6 Å². The summed E-state index contributed by atoms with van der Waals surface area (Å²) in [5, 5.41) is 0. The zero-order valence-electron chi connectivity index (χ0n) is 7.42. The molecule has 1 aromatic rings. The Labute approximate surface area is 104 Å². The van der Waals surface area contributed by atoms with Gasteiger partial charge in [0, 0.05) is 8.04 Å². The smallest absolute Gasteiger partial charge is 0.343 e. The molecule has 3 nitrogen and oxygen atoms in total. The molecule has 1 rings (SSSR count). The first kappa shape index (κ1) is 11.8. The zero-order chi connectivity index (χ0) is 10.6. The summed E-state index contributed by atoms with van der Waals surface area (Å²) in [4.78, 5) is 10.8. The maximum atomic E-state index is 10.8. The molecule has 0 aromatic heterocycles. The fourth-order valence-corrected chi connectivity index (χ4v) is 2.36. The van der Waals surface area contributed by atoms with Gasteiger partial charge in [-0.3, -0.25) is 0 Å². The van der Waals surface area contributed by atoms with Crippen molar-refractivity contribution in [2.75, 3.05) is 13.7 Å². The van der Waals surface area contributed by atoms with Gasteiger partial charge in [-0.2, -0.15) is 0 Å². The van der Waals surface area contributed by atoms with Gasteiger partial charge in [-0.25, -0.2) is 4.79 Å². The van der Waals surface area contributed by atoms with Crippen molar-refractivity contribution in [2.45, 2.75) is 0 Å². The predicted octanol–water partition coefficient (Wildman–Crippen LogP) is 2.61. The first-order valence-corrected chi connectivity index (χ1v) is 5.64. The van der Waals surface area contributed by atoms with E-state index in [0.29, 0.717) is 5.75 Å². The van der Waals surface area contributed by atoms with Crippen LogP contribution in [0.5, 0.6) is 5.75 Å². The number of carbonyl (C=O) groups is 1. The molecular formula is C9H8BrIO3. The molecule has 1 aromatic carbocycles. The topological polar surface area (TPSA) is 35.5 Å². The third kappa shape index (κ3) is 3.83. The van der Waals surface area contributed by atoms with E-state index in [4.69, 9.17) is 4.74 Å². The van der Waals surface area contributed by atoms with E-state index in [9.17, 15) is 4.79 Å². The van der Waals surface area contributed by atoms with Gasteiger partial charge in [-0.15, -0.1) is 0 Å². The van der Waals surface area contributed by atoms with Gasteiger partial charge >= 0.3 is 5.97 Å². The summed E-state index contributed by atoms with van der Waals surface area (Å²) in [7, 11) is 1.33. The quantitative estimate of drug-likeness (QED) is 0.606. The van der Waals surface area contributed by atoms with Crippen LogP contribution in [0.3, 0.4) is 0 Å². The van der Waals surface area contributed by atoms with E-state index >= 15 is 0 Å². The molecule has 5 heteroatoms. The summed E-state index contributed by atoms with van der Waals surface area (Å²) in [6.45, 7) is -0.0664. The van der Waals surface area contributed by atoms with E-state index in [0.717, 1.165) is 8.04 Å². The molecule has 0 heterocycles. The molecule has 0 spiro atoms. The Hall–Kier alpha value is -0.300. The molecule has 0 aliphatic rings. The van der Waals surface area contributed by atoms with Gasteiger partial charge in [0.15, 0.2) is 6.61 Å². The second-order valence-electron chi connectivity index (χ2n) is 2.47. The molecule has 0 N–H and O–H groups in total. The van der Waals surface area contributed by atoms with Crippen molar-refractivity contribution in [1.29, 1.82) is 0 Å². The predicted molar refractivity (Wildman–Crippen MR) is 64.4 cm³/mol. The van der Waals surface area contributed by atoms with Crippen LogP contribution in [0.1, 0.15) is 0 Å². The molecule has 0 unspecified atom stereocenters. The van der Waals surface area contributed by atoms with E-state index in [1.54, 1.807) is 6.07 Å². The van der Waals surface area contributed by atoms with E-state index < -0.39 is 0 Å². The molecule has 0 atom stereocenters. The highest BCUT2D eigenvalue weighted by Gasteiger charge is 2.03. The minimum absolute atomic E-state index is 0.0664. The van der Waals surface area contributed by atoms with Gasteiger partial charge in [-0.05, 0) is 40.8 Å². The van der Waals surface area contributed by atoms with Gasteiger partial charge < -0.3 is 9.47 Å². The zero-order valence-corrected chi connectivity index (χ0v) is 11.2. The molecule has 0 radical (unpaired) electrons. The van der Waals surface area contributed by atoms with E-state index in [2.05, 4.69) is 43.3 Å². The van der Waals surface area contributed by atoms with Crippen LogP contribution >= 0.6 is 38.5 Å². The number of methoxy groups -OCH3 is 1. The number of carbonyl (C=O) groups excluding carboxylic acids is 1. The van der Waals surface area contributed by atoms with Crippen LogP contribution in [0, 0.1) is 3.57 Å². The average molecular weight is 371 g/mol. The van der Waals surface area contributed by atoms with Crippen molar-refractivity contribution in [1.82, 2.24) is 0 Å². The fraction of sp³-hybridized carbons (Fsp3) is 0.222.